The van der Waals surface area contributed by atoms with Crippen molar-refractivity contribution in [3.63, 3.8) is 0 Å². The summed E-state index contributed by atoms with van der Waals surface area (Å²) in [7, 11) is 0. The second-order valence-corrected chi connectivity index (χ2v) is 6.58. The summed E-state index contributed by atoms with van der Waals surface area (Å²) in [5, 5.41) is 0. The number of amides is 1. The Morgan fingerprint density at radius 2 is 1.81 bits per heavy atom. The smallest absolute Gasteiger partial charge is 0.241 e. The van der Waals surface area contributed by atoms with Crippen molar-refractivity contribution in [2.45, 2.75) is 0 Å². The number of fused-ring (bicyclic) bond motifs is 1. The molecule has 0 unspecified atom stereocenters. The average Bonchev–Trinajstić information content (AvgIpc) is 3.16. The number of ketones is 1. The van der Waals surface area contributed by atoms with Crippen molar-refractivity contribution in [2.75, 3.05) is 0 Å². The number of aromatic amines is 1. The van der Waals surface area contributed by atoms with Crippen molar-refractivity contribution in [3.8, 4) is 11.3 Å². The minimum atomic E-state index is -1.20. The third-order valence-electron chi connectivity index (χ3n) is 4.53. The van der Waals surface area contributed by atoms with Crippen LogP contribution < -0.4 is 5.73 Å². The number of aromatic nitrogens is 3. The molecule has 0 atom stereocenters. The van der Waals surface area contributed by atoms with Gasteiger partial charge in [0.15, 0.2) is 23.1 Å². The van der Waals surface area contributed by atoms with Crippen LogP contribution in [0.4, 0.5) is 13.2 Å². The molecule has 2 heterocycles. The Labute approximate surface area is 173 Å². The molecule has 4 rings (SSSR count). The molecule has 2 aromatic heterocycles. The summed E-state index contributed by atoms with van der Waals surface area (Å²) in [6, 6.07) is 6.43. The number of nitrogens with two attached hydrogens (primary N) is 1. The topological polar surface area (TPSA) is 102 Å². The minimum absolute atomic E-state index is 0.176. The number of hydrogen-bond acceptors (Lipinski definition) is 4. The van der Waals surface area contributed by atoms with E-state index in [0.717, 1.165) is 24.3 Å². The van der Waals surface area contributed by atoms with E-state index in [1.54, 1.807) is 6.20 Å². The molecule has 0 saturated heterocycles. The van der Waals surface area contributed by atoms with Crippen LogP contribution in [-0.2, 0) is 4.79 Å². The molecule has 2 aromatic carbocycles. The maximum Gasteiger partial charge on any atom is 0.241 e. The van der Waals surface area contributed by atoms with Gasteiger partial charge in [-0.2, -0.15) is 0 Å². The molecule has 0 fully saturated rings. The van der Waals surface area contributed by atoms with Crippen LogP contribution >= 0.6 is 0 Å². The zero-order valence-electron chi connectivity index (χ0n) is 15.7. The lowest BCUT2D eigenvalue weighted by molar-refractivity contribution is -0.113. The lowest BCUT2D eigenvalue weighted by Crippen LogP contribution is -2.05. The van der Waals surface area contributed by atoms with Gasteiger partial charge in [0, 0.05) is 29.0 Å². The second kappa shape index (κ2) is 7.86. The molecule has 0 spiro atoms. The summed E-state index contributed by atoms with van der Waals surface area (Å²) in [5.41, 5.74) is 6.77. The number of nitrogens with zero attached hydrogens (tertiary/aromatic N) is 2. The fourth-order valence-corrected chi connectivity index (χ4v) is 3.00. The summed E-state index contributed by atoms with van der Waals surface area (Å²) in [5.74, 6) is -4.55. The Kier molecular flexibility index (Phi) is 5.08. The second-order valence-electron chi connectivity index (χ2n) is 6.58. The molecule has 1 amide bonds. The van der Waals surface area contributed by atoms with Crippen molar-refractivity contribution in [1.82, 2.24) is 15.0 Å². The highest BCUT2D eigenvalue weighted by molar-refractivity contribution is 6.09. The number of nitrogens with one attached hydrogen (secondary N) is 1. The summed E-state index contributed by atoms with van der Waals surface area (Å²) < 4.78 is 41.2. The lowest BCUT2D eigenvalue weighted by atomic mass is 10.0. The maximum atomic E-state index is 14.7. The van der Waals surface area contributed by atoms with E-state index in [4.69, 9.17) is 5.73 Å². The van der Waals surface area contributed by atoms with Gasteiger partial charge < -0.3 is 10.7 Å². The molecule has 0 saturated carbocycles. The molecule has 3 N–H and O–H groups in total. The molecule has 0 aliphatic heterocycles. The Hall–Kier alpha value is -4.27. The van der Waals surface area contributed by atoms with Gasteiger partial charge in [-0.15, -0.1) is 0 Å². The Morgan fingerprint density at radius 3 is 2.52 bits per heavy atom. The van der Waals surface area contributed by atoms with Crippen LogP contribution in [0.1, 0.15) is 21.5 Å². The summed E-state index contributed by atoms with van der Waals surface area (Å²) >= 11 is 0. The first-order valence-corrected chi connectivity index (χ1v) is 8.95. The molecule has 9 heteroatoms. The summed E-state index contributed by atoms with van der Waals surface area (Å²) in [6.07, 6.45) is 5.67. The highest BCUT2D eigenvalue weighted by Gasteiger charge is 2.17. The van der Waals surface area contributed by atoms with E-state index in [1.165, 1.54) is 30.5 Å². The SMILES string of the molecule is NC(=O)/C=C/c1c[nH]c2ncc(-c3ccc(C(=O)c4ccc(F)c(F)c4)c(F)c3)nc12. The largest absolute Gasteiger partial charge is 0.366 e. The summed E-state index contributed by atoms with van der Waals surface area (Å²) in [4.78, 5) is 35.0. The van der Waals surface area contributed by atoms with Gasteiger partial charge in [0.2, 0.25) is 5.91 Å². The van der Waals surface area contributed by atoms with E-state index in [-0.39, 0.29) is 11.1 Å². The molecule has 31 heavy (non-hydrogen) atoms. The predicted octanol–water partition coefficient (Wildman–Crippen LogP) is 3.77. The molecule has 0 aliphatic rings. The monoisotopic (exact) mass is 422 g/mol. The van der Waals surface area contributed by atoms with Crippen LogP contribution in [0.2, 0.25) is 0 Å². The fraction of sp³-hybridized carbons (Fsp3) is 0. The third-order valence-corrected chi connectivity index (χ3v) is 4.53. The standard InChI is InChI=1S/C22H13F3N4O2/c23-15-5-2-12(8-17(15)25)21(31)14-4-1-11(7-16(14)24)18-10-28-22-20(29-18)13(9-27-22)3-6-19(26)30/h1-10H,(H2,26,30)(H,27,28)/b6-3+. The van der Waals surface area contributed by atoms with Crippen LogP contribution in [0.3, 0.4) is 0 Å². The summed E-state index contributed by atoms with van der Waals surface area (Å²) in [6.45, 7) is 0. The first-order valence-electron chi connectivity index (χ1n) is 8.95. The predicted molar refractivity (Wildman–Crippen MR) is 107 cm³/mol. The van der Waals surface area contributed by atoms with Crippen molar-refractivity contribution in [2.24, 2.45) is 5.73 Å². The van der Waals surface area contributed by atoms with Gasteiger partial charge in [-0.3, -0.25) is 9.59 Å². The van der Waals surface area contributed by atoms with Gasteiger partial charge in [0.05, 0.1) is 17.5 Å². The van der Waals surface area contributed by atoms with Crippen molar-refractivity contribution in [3.05, 3.63) is 89.0 Å². The highest BCUT2D eigenvalue weighted by atomic mass is 19.2. The Bertz CT molecular complexity index is 1380. The fourth-order valence-electron chi connectivity index (χ4n) is 3.00. The minimum Gasteiger partial charge on any atom is -0.366 e. The van der Waals surface area contributed by atoms with Crippen LogP contribution in [0, 0.1) is 17.5 Å². The first-order chi connectivity index (χ1) is 14.8. The number of H-pyrrole nitrogens is 1. The van der Waals surface area contributed by atoms with E-state index < -0.39 is 29.1 Å². The number of carbonyl (C=O) groups excluding carboxylic acids is 2. The first kappa shape index (κ1) is 20.0. The molecule has 0 bridgehead atoms. The van der Waals surface area contributed by atoms with Crippen LogP contribution in [0.25, 0.3) is 28.5 Å². The van der Waals surface area contributed by atoms with Gasteiger partial charge in [-0.25, -0.2) is 23.1 Å². The van der Waals surface area contributed by atoms with Crippen LogP contribution in [0.15, 0.2) is 54.9 Å². The lowest BCUT2D eigenvalue weighted by Gasteiger charge is -2.06. The molecule has 0 aliphatic carbocycles. The van der Waals surface area contributed by atoms with E-state index in [0.29, 0.717) is 28.0 Å². The number of halogens is 3. The van der Waals surface area contributed by atoms with Crippen molar-refractivity contribution >= 4 is 28.9 Å². The average molecular weight is 422 g/mol. The number of carbonyl (C=O) groups is 2. The number of rotatable bonds is 5. The van der Waals surface area contributed by atoms with E-state index in [1.807, 2.05) is 0 Å². The van der Waals surface area contributed by atoms with Gasteiger partial charge >= 0.3 is 0 Å². The highest BCUT2D eigenvalue weighted by Crippen LogP contribution is 2.25. The van der Waals surface area contributed by atoms with Gasteiger partial charge in [0.25, 0.3) is 0 Å². The molecular formula is C22H13F3N4O2. The van der Waals surface area contributed by atoms with E-state index in [9.17, 15) is 22.8 Å². The van der Waals surface area contributed by atoms with Crippen LogP contribution in [0.5, 0.6) is 0 Å². The van der Waals surface area contributed by atoms with E-state index in [2.05, 4.69) is 15.0 Å². The normalized spacial score (nSPS) is 11.3. The quantitative estimate of drug-likeness (QED) is 0.378. The van der Waals surface area contributed by atoms with Gasteiger partial charge in [0.1, 0.15) is 11.3 Å². The number of benzene rings is 2. The Balaban J connectivity index is 1.69. The molecular weight excluding hydrogens is 409 g/mol. The molecule has 0 radical (unpaired) electrons. The molecule has 154 valence electrons. The number of primary amides is 1. The van der Waals surface area contributed by atoms with Crippen molar-refractivity contribution in [1.29, 1.82) is 0 Å². The van der Waals surface area contributed by atoms with Gasteiger partial charge in [-0.05, 0) is 36.4 Å². The van der Waals surface area contributed by atoms with E-state index >= 15 is 0 Å². The molecule has 4 aromatic rings. The number of hydrogen-bond donors (Lipinski definition) is 2. The zero-order valence-corrected chi connectivity index (χ0v) is 15.7. The third kappa shape index (κ3) is 3.93. The van der Waals surface area contributed by atoms with Gasteiger partial charge in [-0.1, -0.05) is 6.07 Å². The van der Waals surface area contributed by atoms with Crippen molar-refractivity contribution < 1.29 is 22.8 Å². The van der Waals surface area contributed by atoms with Crippen LogP contribution in [-0.4, -0.2) is 26.6 Å². The molecule has 6 nitrogen and oxygen atoms in total. The maximum absolute atomic E-state index is 14.7. The zero-order chi connectivity index (χ0) is 22.1. The Morgan fingerprint density at radius 1 is 1.00 bits per heavy atom.